The van der Waals surface area contributed by atoms with Gasteiger partial charge in [-0.15, -0.1) is 0 Å². The first-order valence-electron chi connectivity index (χ1n) is 6.22. The number of hydrogen-bond acceptors (Lipinski definition) is 3. The Morgan fingerprint density at radius 3 is 2.70 bits per heavy atom. The van der Waals surface area contributed by atoms with Crippen LogP contribution in [0, 0.1) is 0 Å². The molecule has 1 aliphatic rings. The summed E-state index contributed by atoms with van der Waals surface area (Å²) in [6.07, 6.45) is 0. The van der Waals surface area contributed by atoms with Crippen molar-refractivity contribution in [2.24, 2.45) is 0 Å². The van der Waals surface area contributed by atoms with E-state index in [1.54, 1.807) is 12.1 Å². The lowest BCUT2D eigenvalue weighted by atomic mass is 10.1. The number of fused-ring (bicyclic) bond motifs is 1. The van der Waals surface area contributed by atoms with Crippen LogP contribution in [0.1, 0.15) is 21.5 Å². The van der Waals surface area contributed by atoms with Crippen molar-refractivity contribution in [3.05, 3.63) is 65.2 Å². The van der Waals surface area contributed by atoms with Gasteiger partial charge in [0, 0.05) is 17.0 Å². The van der Waals surface area contributed by atoms with Crippen LogP contribution in [0.3, 0.4) is 0 Å². The van der Waals surface area contributed by atoms with E-state index >= 15 is 0 Å². The Hall–Kier alpha value is -1.59. The number of amides is 1. The van der Waals surface area contributed by atoms with Gasteiger partial charge in [0.15, 0.2) is 0 Å². The fourth-order valence-electron chi connectivity index (χ4n) is 2.07. The summed E-state index contributed by atoms with van der Waals surface area (Å²) in [5.41, 5.74) is 3.69. The molecule has 0 saturated carbocycles. The predicted octanol–water partition coefficient (Wildman–Crippen LogP) is 3.35. The van der Waals surface area contributed by atoms with Gasteiger partial charge in [-0.05, 0) is 35.4 Å². The van der Waals surface area contributed by atoms with Gasteiger partial charge >= 0.3 is 0 Å². The van der Waals surface area contributed by atoms with Gasteiger partial charge in [-0.1, -0.05) is 35.1 Å². The van der Waals surface area contributed by atoms with E-state index in [2.05, 4.69) is 5.32 Å². The van der Waals surface area contributed by atoms with Gasteiger partial charge in [0.25, 0.3) is 5.91 Å². The van der Waals surface area contributed by atoms with Gasteiger partial charge in [0.2, 0.25) is 0 Å². The highest BCUT2D eigenvalue weighted by molar-refractivity contribution is 8.68. The third-order valence-corrected chi connectivity index (χ3v) is 5.85. The van der Waals surface area contributed by atoms with Gasteiger partial charge in [-0.25, -0.2) is 4.21 Å². The highest BCUT2D eigenvalue weighted by Gasteiger charge is 2.16. The van der Waals surface area contributed by atoms with Crippen LogP contribution in [0.5, 0.6) is 0 Å². The molecule has 5 heteroatoms. The summed E-state index contributed by atoms with van der Waals surface area (Å²) in [5.74, 6) is 1.21. The van der Waals surface area contributed by atoms with Crippen molar-refractivity contribution in [2.75, 3.05) is 5.32 Å². The highest BCUT2D eigenvalue weighted by atomic mass is 33.1. The van der Waals surface area contributed by atoms with Crippen molar-refractivity contribution >= 4 is 32.2 Å². The SMILES string of the molecule is O=C(Nc1ccc2c(c1)CSS(=O)C2)c1ccccc1. The maximum atomic E-state index is 12.1. The molecule has 3 rings (SSSR count). The third-order valence-electron chi connectivity index (χ3n) is 3.12. The fourth-order valence-corrected chi connectivity index (χ4v) is 4.62. The number of nitrogens with one attached hydrogen (secondary N) is 1. The smallest absolute Gasteiger partial charge is 0.255 e. The summed E-state index contributed by atoms with van der Waals surface area (Å²) in [7, 11) is 0.625. The number of benzene rings is 2. The van der Waals surface area contributed by atoms with Gasteiger partial charge < -0.3 is 5.32 Å². The summed E-state index contributed by atoms with van der Waals surface area (Å²) in [5, 5.41) is 2.90. The number of carbonyl (C=O) groups is 1. The minimum absolute atomic E-state index is 0.113. The first kappa shape index (κ1) is 13.4. The van der Waals surface area contributed by atoms with E-state index in [0.29, 0.717) is 11.3 Å². The topological polar surface area (TPSA) is 46.2 Å². The van der Waals surface area contributed by atoms with Gasteiger partial charge in [-0.3, -0.25) is 4.79 Å². The number of rotatable bonds is 2. The van der Waals surface area contributed by atoms with Crippen molar-refractivity contribution in [3.63, 3.8) is 0 Å². The molecule has 0 spiro atoms. The zero-order valence-electron chi connectivity index (χ0n) is 10.7. The largest absolute Gasteiger partial charge is 0.322 e. The fraction of sp³-hybridized carbons (Fsp3) is 0.133. The summed E-state index contributed by atoms with van der Waals surface area (Å²) in [4.78, 5) is 12.1. The van der Waals surface area contributed by atoms with Crippen LogP contribution in [-0.4, -0.2) is 10.1 Å². The van der Waals surface area contributed by atoms with E-state index < -0.39 is 9.83 Å². The van der Waals surface area contributed by atoms with Crippen LogP contribution in [0.25, 0.3) is 0 Å². The summed E-state index contributed by atoms with van der Waals surface area (Å²) < 4.78 is 11.5. The molecule has 1 unspecified atom stereocenters. The van der Waals surface area contributed by atoms with Crippen LogP contribution in [0.2, 0.25) is 0 Å². The maximum Gasteiger partial charge on any atom is 0.255 e. The monoisotopic (exact) mass is 303 g/mol. The molecule has 3 nitrogen and oxygen atoms in total. The molecule has 1 atom stereocenters. The van der Waals surface area contributed by atoms with Crippen molar-refractivity contribution in [3.8, 4) is 0 Å². The molecule has 0 radical (unpaired) electrons. The van der Waals surface area contributed by atoms with Crippen LogP contribution >= 0.6 is 10.8 Å². The molecule has 2 aromatic carbocycles. The first-order valence-corrected chi connectivity index (χ1v) is 9.04. The van der Waals surface area contributed by atoms with Gasteiger partial charge in [0.1, 0.15) is 0 Å². The van der Waals surface area contributed by atoms with Crippen molar-refractivity contribution < 1.29 is 9.00 Å². The minimum Gasteiger partial charge on any atom is -0.322 e. The first-order chi connectivity index (χ1) is 9.72. The lowest BCUT2D eigenvalue weighted by Crippen LogP contribution is -2.12. The van der Waals surface area contributed by atoms with Crippen LogP contribution in [0.15, 0.2) is 48.5 Å². The molecule has 0 aromatic heterocycles. The Kier molecular flexibility index (Phi) is 3.89. The minimum atomic E-state index is -0.819. The Bertz CT molecular complexity index is 671. The van der Waals surface area contributed by atoms with Gasteiger partial charge in [0.05, 0.1) is 15.6 Å². The Labute approximate surface area is 123 Å². The second-order valence-electron chi connectivity index (χ2n) is 4.51. The normalized spacial score (nSPS) is 17.3. The standard InChI is InChI=1S/C15H13NO2S2/c17-15(11-4-2-1-3-5-11)16-14-7-6-12-10-20(18)19-9-13(12)8-14/h1-8H,9-10H2,(H,16,17). The molecule has 0 saturated heterocycles. The average Bonchev–Trinajstić information content (AvgIpc) is 2.48. The Balaban J connectivity index is 1.79. The van der Waals surface area contributed by atoms with Crippen molar-refractivity contribution in [2.45, 2.75) is 11.5 Å². The Morgan fingerprint density at radius 1 is 1.10 bits per heavy atom. The zero-order chi connectivity index (χ0) is 13.9. The molecule has 20 heavy (non-hydrogen) atoms. The van der Waals surface area contributed by atoms with E-state index in [9.17, 15) is 9.00 Å². The van der Waals surface area contributed by atoms with E-state index in [1.807, 2.05) is 36.4 Å². The van der Waals surface area contributed by atoms with E-state index in [4.69, 9.17) is 0 Å². The second kappa shape index (κ2) is 5.81. The van der Waals surface area contributed by atoms with Crippen molar-refractivity contribution in [1.82, 2.24) is 0 Å². The van der Waals surface area contributed by atoms with E-state index in [-0.39, 0.29) is 5.91 Å². The van der Waals surface area contributed by atoms with E-state index in [1.165, 1.54) is 10.8 Å². The molecule has 1 aliphatic heterocycles. The van der Waals surface area contributed by atoms with Crippen LogP contribution < -0.4 is 5.32 Å². The molecule has 0 aliphatic carbocycles. The molecular formula is C15H13NO2S2. The molecular weight excluding hydrogens is 290 g/mol. The van der Waals surface area contributed by atoms with Crippen molar-refractivity contribution in [1.29, 1.82) is 0 Å². The molecule has 2 aromatic rings. The molecule has 1 heterocycles. The highest BCUT2D eigenvalue weighted by Crippen LogP contribution is 2.30. The maximum absolute atomic E-state index is 12.1. The molecule has 0 bridgehead atoms. The molecule has 102 valence electrons. The zero-order valence-corrected chi connectivity index (χ0v) is 12.3. The Morgan fingerprint density at radius 2 is 1.90 bits per heavy atom. The number of anilines is 1. The quantitative estimate of drug-likeness (QED) is 0.865. The predicted molar refractivity (Wildman–Crippen MR) is 84.0 cm³/mol. The molecule has 0 fully saturated rings. The van der Waals surface area contributed by atoms with Gasteiger partial charge in [-0.2, -0.15) is 0 Å². The average molecular weight is 303 g/mol. The molecule has 1 amide bonds. The van der Waals surface area contributed by atoms with Crippen LogP contribution in [-0.2, 0) is 21.3 Å². The molecule has 1 N–H and O–H groups in total. The number of hydrogen-bond donors (Lipinski definition) is 1. The third kappa shape index (κ3) is 2.94. The second-order valence-corrected chi connectivity index (χ2v) is 7.76. The summed E-state index contributed by atoms with van der Waals surface area (Å²) in [6.45, 7) is 0. The van der Waals surface area contributed by atoms with E-state index in [0.717, 1.165) is 22.6 Å². The number of carbonyl (C=O) groups excluding carboxylic acids is 1. The lowest BCUT2D eigenvalue weighted by molar-refractivity contribution is 0.102. The van der Waals surface area contributed by atoms with Crippen LogP contribution in [0.4, 0.5) is 5.69 Å². The lowest BCUT2D eigenvalue weighted by Gasteiger charge is -2.16. The summed E-state index contributed by atoms with van der Waals surface area (Å²) >= 11 is 0. The summed E-state index contributed by atoms with van der Waals surface area (Å²) in [6, 6.07) is 14.9.